The van der Waals surface area contributed by atoms with E-state index in [1.807, 2.05) is 23.7 Å². The largest absolute Gasteiger partial charge is 0.342 e. The molecule has 2 rings (SSSR count). The zero-order chi connectivity index (χ0) is 13.1. The van der Waals surface area contributed by atoms with Crippen molar-refractivity contribution in [3.8, 4) is 0 Å². The summed E-state index contributed by atoms with van der Waals surface area (Å²) in [4.78, 5) is 27.3. The van der Waals surface area contributed by atoms with Crippen molar-refractivity contribution in [3.63, 3.8) is 0 Å². The molecule has 2 fully saturated rings. The highest BCUT2D eigenvalue weighted by Crippen LogP contribution is 2.32. The van der Waals surface area contributed by atoms with Crippen molar-refractivity contribution in [1.29, 1.82) is 0 Å². The second-order valence-electron chi connectivity index (χ2n) is 4.87. The number of carbonyl (C=O) groups excluding carboxylic acids is 2. The Bertz CT molecular complexity index is 327. The molecule has 2 amide bonds. The van der Waals surface area contributed by atoms with Gasteiger partial charge in [-0.1, -0.05) is 0 Å². The Balaban J connectivity index is 1.74. The smallest absolute Gasteiger partial charge is 0.237 e. The fourth-order valence-electron chi connectivity index (χ4n) is 2.22. The number of piperidine rings is 1. The van der Waals surface area contributed by atoms with Crippen molar-refractivity contribution >= 4 is 23.6 Å². The number of thioether (sulfide) groups is 1. The number of hydrazine groups is 1. The lowest BCUT2D eigenvalue weighted by Gasteiger charge is -2.32. The van der Waals surface area contributed by atoms with E-state index in [0.29, 0.717) is 37.8 Å². The molecule has 2 aliphatic heterocycles. The molecule has 6 nitrogen and oxygen atoms in total. The van der Waals surface area contributed by atoms with Crippen LogP contribution in [0.25, 0.3) is 0 Å². The van der Waals surface area contributed by atoms with Gasteiger partial charge in [-0.05, 0) is 19.9 Å². The highest BCUT2D eigenvalue weighted by Gasteiger charge is 2.31. The third-order valence-electron chi connectivity index (χ3n) is 3.55. The monoisotopic (exact) mass is 272 g/mol. The molecule has 0 radical (unpaired) electrons. The molecule has 0 spiro atoms. The minimum absolute atomic E-state index is 0.0456. The quantitative estimate of drug-likeness (QED) is 0.304. The van der Waals surface area contributed by atoms with E-state index in [2.05, 4.69) is 10.3 Å². The van der Waals surface area contributed by atoms with Crippen LogP contribution in [-0.4, -0.2) is 59.4 Å². The predicted molar refractivity (Wildman–Crippen MR) is 70.5 cm³/mol. The maximum atomic E-state index is 12.0. The molecule has 1 unspecified atom stereocenters. The van der Waals surface area contributed by atoms with Crippen LogP contribution in [0.3, 0.4) is 0 Å². The van der Waals surface area contributed by atoms with Crippen LogP contribution >= 0.6 is 11.8 Å². The molecule has 0 bridgehead atoms. The van der Waals surface area contributed by atoms with Gasteiger partial charge in [0.1, 0.15) is 0 Å². The molecule has 3 N–H and O–H groups in total. The number of nitrogens with zero attached hydrogens (tertiary/aromatic N) is 2. The van der Waals surface area contributed by atoms with E-state index in [-0.39, 0.29) is 17.7 Å². The van der Waals surface area contributed by atoms with Gasteiger partial charge in [0.15, 0.2) is 0 Å². The van der Waals surface area contributed by atoms with Gasteiger partial charge in [-0.15, -0.1) is 11.8 Å². The summed E-state index contributed by atoms with van der Waals surface area (Å²) in [5.74, 6) is 6.24. The van der Waals surface area contributed by atoms with E-state index < -0.39 is 0 Å². The first-order chi connectivity index (χ1) is 8.61. The standard InChI is InChI=1S/C11H20N4O2S/c1-14(10-7-18-10)6-9(16)15-4-2-8(3-5-15)11(17)13-12/h8,10H,2-7,12H2,1H3,(H,13,17). The molecule has 0 aromatic rings. The van der Waals surface area contributed by atoms with Gasteiger partial charge in [-0.3, -0.25) is 19.9 Å². The van der Waals surface area contributed by atoms with E-state index >= 15 is 0 Å². The highest BCUT2D eigenvalue weighted by molar-refractivity contribution is 8.06. The van der Waals surface area contributed by atoms with E-state index in [9.17, 15) is 9.59 Å². The highest BCUT2D eigenvalue weighted by atomic mass is 32.2. The van der Waals surface area contributed by atoms with Crippen molar-refractivity contribution in [3.05, 3.63) is 0 Å². The number of hydrogen-bond donors (Lipinski definition) is 2. The topological polar surface area (TPSA) is 78.7 Å². The Morgan fingerprint density at radius 3 is 2.56 bits per heavy atom. The Kier molecular flexibility index (Phi) is 4.47. The van der Waals surface area contributed by atoms with Crippen LogP contribution in [0, 0.1) is 5.92 Å². The lowest BCUT2D eigenvalue weighted by atomic mass is 9.96. The minimum atomic E-state index is -0.117. The normalized spacial score (nSPS) is 24.2. The summed E-state index contributed by atoms with van der Waals surface area (Å²) >= 11 is 1.86. The summed E-state index contributed by atoms with van der Waals surface area (Å²) in [5.41, 5.74) is 2.18. The maximum absolute atomic E-state index is 12.0. The van der Waals surface area contributed by atoms with E-state index in [4.69, 9.17) is 5.84 Å². The molecule has 0 aromatic heterocycles. The van der Waals surface area contributed by atoms with Gasteiger partial charge in [-0.2, -0.15) is 0 Å². The minimum Gasteiger partial charge on any atom is -0.342 e. The number of amides is 2. The molecule has 7 heteroatoms. The lowest BCUT2D eigenvalue weighted by Crippen LogP contribution is -2.47. The average molecular weight is 272 g/mol. The lowest BCUT2D eigenvalue weighted by molar-refractivity contribution is -0.136. The SMILES string of the molecule is CN(CC(=O)N1CCC(C(=O)NN)CC1)C1CS1. The first-order valence-electron chi connectivity index (χ1n) is 6.22. The third-order valence-corrected chi connectivity index (χ3v) is 4.54. The molecule has 102 valence electrons. The van der Waals surface area contributed by atoms with E-state index in [1.54, 1.807) is 0 Å². The fraction of sp³-hybridized carbons (Fsp3) is 0.818. The zero-order valence-electron chi connectivity index (χ0n) is 10.6. The Labute approximate surface area is 111 Å². The average Bonchev–Trinajstić information content (AvgIpc) is 3.22. The second-order valence-corrected chi connectivity index (χ2v) is 6.08. The zero-order valence-corrected chi connectivity index (χ0v) is 11.4. The molecule has 2 saturated heterocycles. The molecule has 0 saturated carbocycles. The van der Waals surface area contributed by atoms with E-state index in [1.165, 1.54) is 0 Å². The Morgan fingerprint density at radius 1 is 1.44 bits per heavy atom. The number of hydrogen-bond acceptors (Lipinski definition) is 5. The molecule has 1 atom stereocenters. The molecule has 2 aliphatic rings. The summed E-state index contributed by atoms with van der Waals surface area (Å²) in [7, 11) is 1.98. The van der Waals surface area contributed by atoms with Gasteiger partial charge in [0.2, 0.25) is 11.8 Å². The summed E-state index contributed by atoms with van der Waals surface area (Å²) in [6.45, 7) is 1.79. The van der Waals surface area contributed by atoms with Crippen LogP contribution in [0.2, 0.25) is 0 Å². The molecular weight excluding hydrogens is 252 g/mol. The summed E-state index contributed by atoms with van der Waals surface area (Å²) in [6, 6.07) is 0. The number of nitrogens with one attached hydrogen (secondary N) is 1. The van der Waals surface area contributed by atoms with Gasteiger partial charge in [0.05, 0.1) is 11.9 Å². The van der Waals surface area contributed by atoms with Crippen molar-refractivity contribution in [2.24, 2.45) is 11.8 Å². The van der Waals surface area contributed by atoms with Crippen LogP contribution in [0.5, 0.6) is 0 Å². The van der Waals surface area contributed by atoms with Crippen molar-refractivity contribution in [2.75, 3.05) is 32.4 Å². The molecule has 0 aliphatic carbocycles. The Morgan fingerprint density at radius 2 is 2.06 bits per heavy atom. The van der Waals surface area contributed by atoms with Crippen molar-refractivity contribution < 1.29 is 9.59 Å². The predicted octanol–water partition coefficient (Wildman–Crippen LogP) is -0.780. The number of likely N-dealkylation sites (N-methyl/N-ethyl adjacent to an activating group) is 1. The van der Waals surface area contributed by atoms with Gasteiger partial charge in [0, 0.05) is 24.8 Å². The summed E-state index contributed by atoms with van der Waals surface area (Å²) in [5, 5.41) is 0.523. The number of likely N-dealkylation sites (tertiary alicyclic amines) is 1. The van der Waals surface area contributed by atoms with Crippen LogP contribution in [0.1, 0.15) is 12.8 Å². The van der Waals surface area contributed by atoms with E-state index in [0.717, 1.165) is 5.75 Å². The summed E-state index contributed by atoms with van der Waals surface area (Å²) < 4.78 is 0. The van der Waals surface area contributed by atoms with Crippen LogP contribution < -0.4 is 11.3 Å². The van der Waals surface area contributed by atoms with Crippen LogP contribution in [-0.2, 0) is 9.59 Å². The second kappa shape index (κ2) is 5.90. The summed E-state index contributed by atoms with van der Waals surface area (Å²) in [6.07, 6.45) is 1.41. The van der Waals surface area contributed by atoms with Gasteiger partial charge >= 0.3 is 0 Å². The molecular formula is C11H20N4O2S. The molecule has 18 heavy (non-hydrogen) atoms. The number of rotatable bonds is 4. The molecule has 2 heterocycles. The van der Waals surface area contributed by atoms with Crippen molar-refractivity contribution in [1.82, 2.24) is 15.2 Å². The van der Waals surface area contributed by atoms with Crippen LogP contribution in [0.4, 0.5) is 0 Å². The van der Waals surface area contributed by atoms with Crippen molar-refractivity contribution in [2.45, 2.75) is 18.2 Å². The number of nitrogens with two attached hydrogens (primary N) is 1. The first-order valence-corrected chi connectivity index (χ1v) is 7.26. The fourth-order valence-corrected chi connectivity index (χ4v) is 2.89. The van der Waals surface area contributed by atoms with Gasteiger partial charge in [0.25, 0.3) is 0 Å². The Hall–Kier alpha value is -0.790. The molecule has 0 aromatic carbocycles. The first kappa shape index (κ1) is 13.6. The third kappa shape index (κ3) is 3.37. The van der Waals surface area contributed by atoms with Crippen LogP contribution in [0.15, 0.2) is 0 Å². The van der Waals surface area contributed by atoms with Gasteiger partial charge < -0.3 is 4.90 Å². The van der Waals surface area contributed by atoms with Gasteiger partial charge in [-0.25, -0.2) is 5.84 Å². The maximum Gasteiger partial charge on any atom is 0.237 e. The number of carbonyl (C=O) groups is 2.